The molecule has 0 aliphatic rings. The van der Waals surface area contributed by atoms with Crippen LogP contribution >= 0.6 is 0 Å². The Balaban J connectivity index is 2.26. The van der Waals surface area contributed by atoms with Crippen LogP contribution in [-0.4, -0.2) is 16.1 Å². The number of benzene rings is 1. The molecule has 0 amide bonds. The number of hydrogen-bond acceptors (Lipinski definition) is 3. The maximum absolute atomic E-state index is 11.3. The van der Waals surface area contributed by atoms with E-state index in [9.17, 15) is 9.90 Å². The summed E-state index contributed by atoms with van der Waals surface area (Å²) in [4.78, 5) is 15.8. The summed E-state index contributed by atoms with van der Waals surface area (Å²) >= 11 is 0. The van der Waals surface area contributed by atoms with Gasteiger partial charge in [0.05, 0.1) is 5.56 Å². The van der Waals surface area contributed by atoms with Crippen LogP contribution in [0.2, 0.25) is 0 Å². The number of nitrogens with zero attached hydrogens (tertiary/aromatic N) is 1. The number of carboxylic acid groups (broad SMARTS) is 1. The van der Waals surface area contributed by atoms with Crippen molar-refractivity contribution in [2.75, 3.05) is 5.32 Å². The van der Waals surface area contributed by atoms with E-state index >= 15 is 0 Å². The van der Waals surface area contributed by atoms with Gasteiger partial charge in [0.15, 0.2) is 0 Å². The molecule has 0 fully saturated rings. The van der Waals surface area contributed by atoms with Gasteiger partial charge in [-0.2, -0.15) is 0 Å². The summed E-state index contributed by atoms with van der Waals surface area (Å²) in [5.74, 6) is -0.352. The van der Waals surface area contributed by atoms with Crippen molar-refractivity contribution in [1.29, 1.82) is 0 Å². The van der Waals surface area contributed by atoms with Crippen LogP contribution in [0.4, 0.5) is 5.82 Å². The van der Waals surface area contributed by atoms with Gasteiger partial charge in [-0.05, 0) is 17.7 Å². The van der Waals surface area contributed by atoms with E-state index < -0.39 is 5.97 Å². The summed E-state index contributed by atoms with van der Waals surface area (Å²) in [6.07, 6.45) is 0. The highest BCUT2D eigenvalue weighted by molar-refractivity contribution is 5.88. The first-order valence-electron chi connectivity index (χ1n) is 6.90. The number of carboxylic acids is 1. The number of aromatic carboxylic acids is 1. The molecule has 0 spiro atoms. The average molecular weight is 284 g/mol. The smallest absolute Gasteiger partial charge is 0.335 e. The molecule has 4 nitrogen and oxygen atoms in total. The van der Waals surface area contributed by atoms with Crippen molar-refractivity contribution in [3.8, 4) is 0 Å². The van der Waals surface area contributed by atoms with Gasteiger partial charge in [0.25, 0.3) is 0 Å². The Morgan fingerprint density at radius 2 is 1.86 bits per heavy atom. The normalized spacial score (nSPS) is 11.2. The van der Waals surface area contributed by atoms with Gasteiger partial charge in [-0.15, -0.1) is 0 Å². The van der Waals surface area contributed by atoms with Crippen molar-refractivity contribution < 1.29 is 9.90 Å². The molecule has 0 atom stereocenters. The lowest BCUT2D eigenvalue weighted by Crippen LogP contribution is -2.16. The Morgan fingerprint density at radius 1 is 1.19 bits per heavy atom. The molecule has 2 aromatic rings. The van der Waals surface area contributed by atoms with Crippen LogP contribution in [0, 0.1) is 0 Å². The van der Waals surface area contributed by atoms with Gasteiger partial charge in [0.1, 0.15) is 5.82 Å². The standard InChI is InChI=1S/C17H20N2O2/c1-17(2,3)14-9-13(16(20)21)10-15(19-14)18-11-12-7-5-4-6-8-12/h4-10H,11H2,1-3H3,(H,18,19)(H,20,21). The first kappa shape index (κ1) is 15.0. The topological polar surface area (TPSA) is 62.2 Å². The van der Waals surface area contributed by atoms with E-state index in [4.69, 9.17) is 0 Å². The summed E-state index contributed by atoms with van der Waals surface area (Å²) in [5.41, 5.74) is 1.94. The van der Waals surface area contributed by atoms with Crippen LogP contribution in [-0.2, 0) is 12.0 Å². The van der Waals surface area contributed by atoms with E-state index in [-0.39, 0.29) is 11.0 Å². The first-order chi connectivity index (χ1) is 9.86. The number of anilines is 1. The minimum Gasteiger partial charge on any atom is -0.478 e. The average Bonchev–Trinajstić information content (AvgIpc) is 2.45. The lowest BCUT2D eigenvalue weighted by molar-refractivity contribution is 0.0696. The maximum Gasteiger partial charge on any atom is 0.335 e. The van der Waals surface area contributed by atoms with Crippen molar-refractivity contribution in [3.05, 3.63) is 59.3 Å². The van der Waals surface area contributed by atoms with E-state index in [0.717, 1.165) is 11.3 Å². The third-order valence-corrected chi connectivity index (χ3v) is 3.16. The molecule has 0 aliphatic heterocycles. The Labute approximate surface area is 124 Å². The van der Waals surface area contributed by atoms with Crippen LogP contribution < -0.4 is 5.32 Å². The first-order valence-corrected chi connectivity index (χ1v) is 6.90. The Hall–Kier alpha value is -2.36. The van der Waals surface area contributed by atoms with Crippen LogP contribution in [0.3, 0.4) is 0 Å². The summed E-state index contributed by atoms with van der Waals surface area (Å²) < 4.78 is 0. The van der Waals surface area contributed by atoms with Crippen LogP contribution in [0.15, 0.2) is 42.5 Å². The molecule has 0 unspecified atom stereocenters. The molecule has 0 radical (unpaired) electrons. The Bertz CT molecular complexity index is 631. The number of aromatic nitrogens is 1. The third-order valence-electron chi connectivity index (χ3n) is 3.16. The molecule has 110 valence electrons. The highest BCUT2D eigenvalue weighted by Crippen LogP contribution is 2.23. The fourth-order valence-corrected chi connectivity index (χ4v) is 1.92. The van der Waals surface area contributed by atoms with Gasteiger partial charge in [0.2, 0.25) is 0 Å². The lowest BCUT2D eigenvalue weighted by Gasteiger charge is -2.19. The summed E-state index contributed by atoms with van der Waals surface area (Å²) in [6, 6.07) is 13.1. The van der Waals surface area contributed by atoms with E-state index in [1.807, 2.05) is 51.1 Å². The molecule has 1 aromatic carbocycles. The molecule has 0 aliphatic carbocycles. The SMILES string of the molecule is CC(C)(C)c1cc(C(=O)O)cc(NCc2ccccc2)n1. The predicted octanol–water partition coefficient (Wildman–Crippen LogP) is 3.69. The van der Waals surface area contributed by atoms with E-state index in [0.29, 0.717) is 12.4 Å². The van der Waals surface area contributed by atoms with Crippen molar-refractivity contribution in [3.63, 3.8) is 0 Å². The number of nitrogens with one attached hydrogen (secondary N) is 1. The van der Waals surface area contributed by atoms with Crippen LogP contribution in [0.25, 0.3) is 0 Å². The molecule has 0 saturated heterocycles. The minimum absolute atomic E-state index is 0.200. The lowest BCUT2D eigenvalue weighted by atomic mass is 9.91. The Kier molecular flexibility index (Phi) is 4.26. The van der Waals surface area contributed by atoms with Crippen molar-refractivity contribution in [1.82, 2.24) is 4.98 Å². The van der Waals surface area contributed by atoms with Gasteiger partial charge >= 0.3 is 5.97 Å². The largest absolute Gasteiger partial charge is 0.478 e. The summed E-state index contributed by atoms with van der Waals surface area (Å²) in [6.45, 7) is 6.66. The molecule has 1 heterocycles. The van der Waals surface area contributed by atoms with E-state index in [2.05, 4.69) is 10.3 Å². The number of rotatable bonds is 4. The van der Waals surface area contributed by atoms with Crippen molar-refractivity contribution in [2.24, 2.45) is 0 Å². The van der Waals surface area contributed by atoms with Gasteiger partial charge < -0.3 is 10.4 Å². The van der Waals surface area contributed by atoms with Crippen molar-refractivity contribution >= 4 is 11.8 Å². The fraction of sp³-hybridized carbons (Fsp3) is 0.294. The van der Waals surface area contributed by atoms with Gasteiger partial charge in [-0.3, -0.25) is 0 Å². The van der Waals surface area contributed by atoms with E-state index in [1.165, 1.54) is 0 Å². The number of carbonyl (C=O) groups is 1. The monoisotopic (exact) mass is 284 g/mol. The zero-order valence-electron chi connectivity index (χ0n) is 12.6. The molecule has 21 heavy (non-hydrogen) atoms. The fourth-order valence-electron chi connectivity index (χ4n) is 1.92. The highest BCUT2D eigenvalue weighted by atomic mass is 16.4. The molecular weight excluding hydrogens is 264 g/mol. The van der Waals surface area contributed by atoms with Gasteiger partial charge in [-0.25, -0.2) is 9.78 Å². The zero-order valence-corrected chi connectivity index (χ0v) is 12.6. The second kappa shape index (κ2) is 5.95. The summed E-state index contributed by atoms with van der Waals surface area (Å²) in [7, 11) is 0. The van der Waals surface area contributed by atoms with Crippen LogP contribution in [0.5, 0.6) is 0 Å². The summed E-state index contributed by atoms with van der Waals surface area (Å²) in [5, 5.41) is 12.4. The number of hydrogen-bond donors (Lipinski definition) is 2. The second-order valence-electron chi connectivity index (χ2n) is 6.02. The van der Waals surface area contributed by atoms with Gasteiger partial charge in [0, 0.05) is 17.7 Å². The van der Waals surface area contributed by atoms with E-state index in [1.54, 1.807) is 12.1 Å². The van der Waals surface area contributed by atoms with Crippen LogP contribution in [0.1, 0.15) is 42.4 Å². The van der Waals surface area contributed by atoms with Crippen molar-refractivity contribution in [2.45, 2.75) is 32.7 Å². The third kappa shape index (κ3) is 4.05. The second-order valence-corrected chi connectivity index (χ2v) is 6.02. The Morgan fingerprint density at radius 3 is 2.43 bits per heavy atom. The molecule has 1 aromatic heterocycles. The molecule has 0 saturated carbocycles. The molecule has 0 bridgehead atoms. The molecular formula is C17H20N2O2. The highest BCUT2D eigenvalue weighted by Gasteiger charge is 2.19. The quantitative estimate of drug-likeness (QED) is 0.899. The molecule has 2 N–H and O–H groups in total. The van der Waals surface area contributed by atoms with Gasteiger partial charge in [-0.1, -0.05) is 51.1 Å². The predicted molar refractivity (Wildman–Crippen MR) is 83.7 cm³/mol. The minimum atomic E-state index is -0.939. The number of pyridine rings is 1. The maximum atomic E-state index is 11.3. The zero-order chi connectivity index (χ0) is 15.5. The molecule has 4 heteroatoms. The molecule has 2 rings (SSSR count).